The summed E-state index contributed by atoms with van der Waals surface area (Å²) in [6, 6.07) is 14.7. The quantitative estimate of drug-likeness (QED) is 0.848. The van der Waals surface area contributed by atoms with Crippen LogP contribution in [0.4, 0.5) is 0 Å². The number of methoxy groups -OCH3 is 1. The Morgan fingerprint density at radius 1 is 1.14 bits per heavy atom. The van der Waals surface area contributed by atoms with Gasteiger partial charge in [0.2, 0.25) is 0 Å². The summed E-state index contributed by atoms with van der Waals surface area (Å²) in [4.78, 5) is 14.2. The number of carbonyl (C=O) groups is 1. The van der Waals surface area contributed by atoms with E-state index in [1.54, 1.807) is 31.2 Å². The van der Waals surface area contributed by atoms with Gasteiger partial charge in [-0.1, -0.05) is 35.9 Å². The van der Waals surface area contributed by atoms with Crippen molar-refractivity contribution < 1.29 is 9.53 Å². The third-order valence-electron chi connectivity index (χ3n) is 3.60. The van der Waals surface area contributed by atoms with Crippen LogP contribution >= 0.6 is 11.6 Å². The van der Waals surface area contributed by atoms with Crippen molar-refractivity contribution in [3.63, 3.8) is 0 Å². The number of amides is 1. The second-order valence-electron chi connectivity index (χ2n) is 4.85. The largest absolute Gasteiger partial charge is 0.497 e. The van der Waals surface area contributed by atoms with Crippen LogP contribution in [0.15, 0.2) is 48.5 Å². The SMILES string of the molecule is COc1ccc(C(C)N(C)C(=O)c2ccccc2Cl)cc1. The lowest BCUT2D eigenvalue weighted by molar-refractivity contribution is 0.0743. The van der Waals surface area contributed by atoms with Crippen LogP contribution in [-0.2, 0) is 0 Å². The highest BCUT2D eigenvalue weighted by molar-refractivity contribution is 6.33. The van der Waals surface area contributed by atoms with Gasteiger partial charge in [-0.2, -0.15) is 0 Å². The molecule has 0 radical (unpaired) electrons. The molecule has 1 atom stereocenters. The number of halogens is 1. The van der Waals surface area contributed by atoms with E-state index in [2.05, 4.69) is 0 Å². The van der Waals surface area contributed by atoms with Gasteiger partial charge in [-0.05, 0) is 36.8 Å². The van der Waals surface area contributed by atoms with Crippen LogP contribution in [0.25, 0.3) is 0 Å². The molecule has 21 heavy (non-hydrogen) atoms. The molecule has 0 saturated heterocycles. The van der Waals surface area contributed by atoms with Crippen molar-refractivity contribution in [1.82, 2.24) is 4.90 Å². The van der Waals surface area contributed by atoms with Crippen molar-refractivity contribution in [2.75, 3.05) is 14.2 Å². The minimum Gasteiger partial charge on any atom is -0.497 e. The van der Waals surface area contributed by atoms with Gasteiger partial charge in [0.1, 0.15) is 5.75 Å². The lowest BCUT2D eigenvalue weighted by Gasteiger charge is -2.26. The molecular formula is C17H18ClNO2. The van der Waals surface area contributed by atoms with Crippen molar-refractivity contribution in [2.24, 2.45) is 0 Å². The molecule has 2 aromatic carbocycles. The first-order chi connectivity index (χ1) is 10.0. The van der Waals surface area contributed by atoms with Crippen molar-refractivity contribution in [3.05, 3.63) is 64.7 Å². The van der Waals surface area contributed by atoms with Gasteiger partial charge in [0.25, 0.3) is 5.91 Å². The molecule has 0 N–H and O–H groups in total. The topological polar surface area (TPSA) is 29.5 Å². The van der Waals surface area contributed by atoms with Gasteiger partial charge in [0.15, 0.2) is 0 Å². The first kappa shape index (κ1) is 15.4. The van der Waals surface area contributed by atoms with E-state index in [1.165, 1.54) is 0 Å². The number of hydrogen-bond acceptors (Lipinski definition) is 2. The Kier molecular flexibility index (Phi) is 4.86. The zero-order chi connectivity index (χ0) is 15.4. The number of hydrogen-bond donors (Lipinski definition) is 0. The van der Waals surface area contributed by atoms with E-state index in [-0.39, 0.29) is 11.9 Å². The van der Waals surface area contributed by atoms with E-state index in [0.29, 0.717) is 10.6 Å². The lowest BCUT2D eigenvalue weighted by atomic mass is 10.1. The van der Waals surface area contributed by atoms with E-state index in [4.69, 9.17) is 16.3 Å². The number of nitrogens with zero attached hydrogens (tertiary/aromatic N) is 1. The molecule has 4 heteroatoms. The van der Waals surface area contributed by atoms with Crippen molar-refractivity contribution in [1.29, 1.82) is 0 Å². The highest BCUT2D eigenvalue weighted by Crippen LogP contribution is 2.25. The number of benzene rings is 2. The molecule has 0 bridgehead atoms. The highest BCUT2D eigenvalue weighted by atomic mass is 35.5. The molecule has 0 saturated carbocycles. The summed E-state index contributed by atoms with van der Waals surface area (Å²) in [6.45, 7) is 1.98. The van der Waals surface area contributed by atoms with Gasteiger partial charge >= 0.3 is 0 Å². The fourth-order valence-electron chi connectivity index (χ4n) is 2.11. The molecule has 2 aromatic rings. The molecular weight excluding hydrogens is 286 g/mol. The first-order valence-corrected chi connectivity index (χ1v) is 7.08. The monoisotopic (exact) mass is 303 g/mol. The fraction of sp³-hybridized carbons (Fsp3) is 0.235. The predicted octanol–water partition coefficient (Wildman–Crippen LogP) is 4.18. The first-order valence-electron chi connectivity index (χ1n) is 6.70. The third-order valence-corrected chi connectivity index (χ3v) is 3.93. The Morgan fingerprint density at radius 3 is 2.33 bits per heavy atom. The molecule has 1 unspecified atom stereocenters. The Hall–Kier alpha value is -2.00. The summed E-state index contributed by atoms with van der Waals surface area (Å²) in [7, 11) is 3.41. The standard InChI is InChI=1S/C17H18ClNO2/c1-12(13-8-10-14(21-3)11-9-13)19(2)17(20)15-6-4-5-7-16(15)18/h4-12H,1-3H3. The van der Waals surface area contributed by atoms with Crippen molar-refractivity contribution in [2.45, 2.75) is 13.0 Å². The Balaban J connectivity index is 2.20. The molecule has 0 aliphatic heterocycles. The molecule has 0 aliphatic rings. The highest BCUT2D eigenvalue weighted by Gasteiger charge is 2.20. The predicted molar refractivity (Wildman–Crippen MR) is 85.0 cm³/mol. The van der Waals surface area contributed by atoms with Gasteiger partial charge in [0, 0.05) is 7.05 Å². The van der Waals surface area contributed by atoms with Gasteiger partial charge < -0.3 is 9.64 Å². The van der Waals surface area contributed by atoms with E-state index in [9.17, 15) is 4.79 Å². The summed E-state index contributed by atoms with van der Waals surface area (Å²) >= 11 is 6.09. The Bertz CT molecular complexity index is 625. The van der Waals surface area contributed by atoms with E-state index >= 15 is 0 Å². The fourth-order valence-corrected chi connectivity index (χ4v) is 2.32. The van der Waals surface area contributed by atoms with Crippen LogP contribution in [0.5, 0.6) is 5.75 Å². The molecule has 0 aromatic heterocycles. The van der Waals surface area contributed by atoms with Crippen LogP contribution < -0.4 is 4.74 Å². The zero-order valence-electron chi connectivity index (χ0n) is 12.3. The summed E-state index contributed by atoms with van der Waals surface area (Å²) in [6.07, 6.45) is 0. The van der Waals surface area contributed by atoms with Gasteiger partial charge in [-0.3, -0.25) is 4.79 Å². The minimum absolute atomic E-state index is 0.0559. The summed E-state index contributed by atoms with van der Waals surface area (Å²) < 4.78 is 5.14. The van der Waals surface area contributed by atoms with Crippen LogP contribution in [0.1, 0.15) is 28.9 Å². The molecule has 0 aliphatic carbocycles. The zero-order valence-corrected chi connectivity index (χ0v) is 13.1. The Morgan fingerprint density at radius 2 is 1.76 bits per heavy atom. The normalized spacial score (nSPS) is 11.8. The summed E-state index contributed by atoms with van der Waals surface area (Å²) in [5.74, 6) is 0.704. The molecule has 3 nitrogen and oxygen atoms in total. The summed E-state index contributed by atoms with van der Waals surface area (Å²) in [5.41, 5.74) is 1.56. The number of rotatable bonds is 4. The lowest BCUT2D eigenvalue weighted by Crippen LogP contribution is -2.29. The van der Waals surface area contributed by atoms with E-state index in [1.807, 2.05) is 43.3 Å². The maximum atomic E-state index is 12.5. The van der Waals surface area contributed by atoms with E-state index < -0.39 is 0 Å². The second-order valence-corrected chi connectivity index (χ2v) is 5.25. The number of ether oxygens (including phenoxy) is 1. The van der Waals surface area contributed by atoms with Crippen LogP contribution in [0.3, 0.4) is 0 Å². The van der Waals surface area contributed by atoms with Crippen LogP contribution in [-0.4, -0.2) is 25.0 Å². The molecule has 0 fully saturated rings. The molecule has 0 spiro atoms. The second kappa shape index (κ2) is 6.64. The van der Waals surface area contributed by atoms with Crippen molar-refractivity contribution in [3.8, 4) is 5.75 Å². The van der Waals surface area contributed by atoms with Gasteiger partial charge in [-0.15, -0.1) is 0 Å². The minimum atomic E-state index is -0.0936. The van der Waals surface area contributed by atoms with Crippen LogP contribution in [0.2, 0.25) is 5.02 Å². The van der Waals surface area contributed by atoms with Crippen molar-refractivity contribution >= 4 is 17.5 Å². The molecule has 2 rings (SSSR count). The Labute approximate surface area is 130 Å². The third kappa shape index (κ3) is 3.37. The average molecular weight is 304 g/mol. The summed E-state index contributed by atoms with van der Waals surface area (Å²) in [5, 5.41) is 0.469. The van der Waals surface area contributed by atoms with Gasteiger partial charge in [-0.25, -0.2) is 0 Å². The number of carbonyl (C=O) groups excluding carboxylic acids is 1. The van der Waals surface area contributed by atoms with E-state index in [0.717, 1.165) is 11.3 Å². The molecule has 0 heterocycles. The molecule has 1 amide bonds. The average Bonchev–Trinajstić information content (AvgIpc) is 2.53. The smallest absolute Gasteiger partial charge is 0.255 e. The maximum Gasteiger partial charge on any atom is 0.255 e. The molecule has 110 valence electrons. The maximum absolute atomic E-state index is 12.5. The van der Waals surface area contributed by atoms with Gasteiger partial charge in [0.05, 0.1) is 23.7 Å². The van der Waals surface area contributed by atoms with Crippen LogP contribution in [0, 0.1) is 0 Å².